The lowest BCUT2D eigenvalue weighted by atomic mass is 9.98. The molecule has 0 aromatic heterocycles. The molecular formula is C26H27ClN2O5S. The third kappa shape index (κ3) is 5.78. The highest BCUT2D eigenvalue weighted by Crippen LogP contribution is 2.34. The van der Waals surface area contributed by atoms with Gasteiger partial charge in [-0.3, -0.25) is 4.79 Å². The molecule has 0 unspecified atom stereocenters. The molecule has 1 fully saturated rings. The van der Waals surface area contributed by atoms with Crippen LogP contribution in [0.4, 0.5) is 5.69 Å². The maximum Gasteiger partial charge on any atom is 0.246 e. The molecule has 7 nitrogen and oxygen atoms in total. The number of methoxy groups -OCH3 is 1. The number of amides is 1. The molecule has 4 rings (SSSR count). The highest BCUT2D eigenvalue weighted by atomic mass is 35.5. The van der Waals surface area contributed by atoms with Gasteiger partial charge in [0.15, 0.2) is 5.75 Å². The average molecular weight is 515 g/mol. The molecule has 0 saturated carbocycles. The summed E-state index contributed by atoms with van der Waals surface area (Å²) in [6, 6.07) is 19.2. The summed E-state index contributed by atoms with van der Waals surface area (Å²) in [6.07, 6.45) is 1.13. The minimum absolute atomic E-state index is 0.0701. The second-order valence-electron chi connectivity index (χ2n) is 8.40. The van der Waals surface area contributed by atoms with Gasteiger partial charge in [0.1, 0.15) is 16.4 Å². The van der Waals surface area contributed by atoms with Crippen molar-refractivity contribution in [1.29, 1.82) is 0 Å². The van der Waals surface area contributed by atoms with E-state index in [1.807, 2.05) is 37.3 Å². The topological polar surface area (TPSA) is 84.9 Å². The van der Waals surface area contributed by atoms with Crippen LogP contribution in [0, 0.1) is 12.8 Å². The van der Waals surface area contributed by atoms with Crippen LogP contribution in [0.3, 0.4) is 0 Å². The van der Waals surface area contributed by atoms with Gasteiger partial charge in [-0.15, -0.1) is 0 Å². The summed E-state index contributed by atoms with van der Waals surface area (Å²) >= 11 is 6.17. The Labute approximate surface area is 210 Å². The van der Waals surface area contributed by atoms with E-state index in [0.717, 1.165) is 5.56 Å². The number of nitrogens with one attached hydrogen (secondary N) is 1. The molecule has 0 aliphatic carbocycles. The van der Waals surface area contributed by atoms with E-state index in [2.05, 4.69) is 5.32 Å². The van der Waals surface area contributed by atoms with E-state index in [1.54, 1.807) is 36.4 Å². The summed E-state index contributed by atoms with van der Waals surface area (Å²) in [5.74, 6) is 0.522. The zero-order valence-corrected chi connectivity index (χ0v) is 21.1. The van der Waals surface area contributed by atoms with Gasteiger partial charge >= 0.3 is 0 Å². The van der Waals surface area contributed by atoms with E-state index in [1.165, 1.54) is 11.4 Å². The number of anilines is 1. The fourth-order valence-electron chi connectivity index (χ4n) is 4.04. The molecule has 184 valence electrons. The van der Waals surface area contributed by atoms with Crippen LogP contribution in [0.1, 0.15) is 18.4 Å². The summed E-state index contributed by atoms with van der Waals surface area (Å²) in [6.45, 7) is 2.23. The second kappa shape index (κ2) is 10.7. The third-order valence-electron chi connectivity index (χ3n) is 5.86. The molecule has 3 aromatic carbocycles. The maximum absolute atomic E-state index is 13.4. The van der Waals surface area contributed by atoms with Gasteiger partial charge in [0.05, 0.1) is 18.7 Å². The van der Waals surface area contributed by atoms with Crippen LogP contribution in [-0.4, -0.2) is 38.8 Å². The first kappa shape index (κ1) is 25.0. The first-order valence-electron chi connectivity index (χ1n) is 11.3. The van der Waals surface area contributed by atoms with Gasteiger partial charge in [-0.2, -0.15) is 4.31 Å². The summed E-state index contributed by atoms with van der Waals surface area (Å²) < 4.78 is 39.4. The Balaban J connectivity index is 1.53. The van der Waals surface area contributed by atoms with Crippen molar-refractivity contribution in [2.45, 2.75) is 24.7 Å². The number of nitrogens with zero attached hydrogens (tertiary/aromatic N) is 1. The number of aryl methyl sites for hydroxylation is 1. The fourth-order valence-corrected chi connectivity index (χ4v) is 5.97. The molecule has 1 amide bonds. The molecule has 1 aliphatic rings. The van der Waals surface area contributed by atoms with Crippen molar-refractivity contribution in [3.63, 3.8) is 0 Å². The van der Waals surface area contributed by atoms with E-state index in [-0.39, 0.29) is 23.1 Å². The Kier molecular flexibility index (Phi) is 7.64. The SMILES string of the molecule is COc1ccc(C)cc1S(=O)(=O)N1CCC[C@H](C(=O)Nc2cc(Cl)ccc2Oc2ccccc2)C1. The van der Waals surface area contributed by atoms with Gasteiger partial charge < -0.3 is 14.8 Å². The number of hydrogen-bond acceptors (Lipinski definition) is 5. The van der Waals surface area contributed by atoms with Gasteiger partial charge in [-0.25, -0.2) is 8.42 Å². The fraction of sp³-hybridized carbons (Fsp3) is 0.269. The van der Waals surface area contributed by atoms with Gasteiger partial charge in [-0.05, 0) is 67.8 Å². The van der Waals surface area contributed by atoms with E-state index in [0.29, 0.717) is 41.6 Å². The van der Waals surface area contributed by atoms with Crippen LogP contribution in [0.5, 0.6) is 17.2 Å². The second-order valence-corrected chi connectivity index (χ2v) is 10.7. The van der Waals surface area contributed by atoms with Crippen LogP contribution in [0.2, 0.25) is 5.02 Å². The zero-order chi connectivity index (χ0) is 25.0. The van der Waals surface area contributed by atoms with E-state index in [4.69, 9.17) is 21.1 Å². The standard InChI is InChI=1S/C26H27ClN2O5S/c1-18-10-12-24(33-2)25(15-18)35(31,32)29-14-6-7-19(17-29)26(30)28-22-16-20(27)11-13-23(22)34-21-8-4-3-5-9-21/h3-5,8-13,15-16,19H,6-7,14,17H2,1-2H3,(H,28,30)/t19-/m0/s1. The number of halogens is 1. The number of sulfonamides is 1. The van der Waals surface area contributed by atoms with Gasteiger partial charge in [0, 0.05) is 18.1 Å². The van der Waals surface area contributed by atoms with Crippen molar-refractivity contribution in [2.75, 3.05) is 25.5 Å². The highest BCUT2D eigenvalue weighted by molar-refractivity contribution is 7.89. The predicted molar refractivity (Wildman–Crippen MR) is 136 cm³/mol. The number of benzene rings is 3. The van der Waals surface area contributed by atoms with Crippen LogP contribution in [-0.2, 0) is 14.8 Å². The summed E-state index contributed by atoms with van der Waals surface area (Å²) in [5, 5.41) is 3.33. The molecule has 1 atom stereocenters. The number of piperidine rings is 1. The van der Waals surface area contributed by atoms with Crippen molar-refractivity contribution < 1.29 is 22.7 Å². The lowest BCUT2D eigenvalue weighted by molar-refractivity contribution is -0.120. The third-order valence-corrected chi connectivity index (χ3v) is 7.98. The van der Waals surface area contributed by atoms with Crippen LogP contribution in [0.25, 0.3) is 0 Å². The Morgan fingerprint density at radius 3 is 2.54 bits per heavy atom. The van der Waals surface area contributed by atoms with E-state index in [9.17, 15) is 13.2 Å². The summed E-state index contributed by atoms with van der Waals surface area (Å²) in [5.41, 5.74) is 1.23. The molecule has 1 saturated heterocycles. The van der Waals surface area contributed by atoms with E-state index < -0.39 is 15.9 Å². The van der Waals surface area contributed by atoms with Crippen molar-refractivity contribution in [2.24, 2.45) is 5.92 Å². The van der Waals surface area contributed by atoms with Crippen LogP contribution < -0.4 is 14.8 Å². The normalized spacial score (nSPS) is 16.5. The van der Waals surface area contributed by atoms with Crippen molar-refractivity contribution in [3.8, 4) is 17.2 Å². The predicted octanol–water partition coefficient (Wildman–Crippen LogP) is 5.49. The number of rotatable bonds is 7. The molecule has 0 bridgehead atoms. The Bertz CT molecular complexity index is 1310. The van der Waals surface area contributed by atoms with Crippen LogP contribution >= 0.6 is 11.6 Å². The number of carbonyl (C=O) groups is 1. The molecule has 1 aliphatic heterocycles. The van der Waals surface area contributed by atoms with Crippen molar-refractivity contribution in [1.82, 2.24) is 4.31 Å². The lowest BCUT2D eigenvalue weighted by Gasteiger charge is -2.31. The zero-order valence-electron chi connectivity index (χ0n) is 19.5. The minimum Gasteiger partial charge on any atom is -0.495 e. The highest BCUT2D eigenvalue weighted by Gasteiger charge is 2.35. The number of ether oxygens (including phenoxy) is 2. The number of carbonyl (C=O) groups excluding carboxylic acids is 1. The van der Waals surface area contributed by atoms with Gasteiger partial charge in [0.2, 0.25) is 15.9 Å². The molecule has 35 heavy (non-hydrogen) atoms. The van der Waals surface area contributed by atoms with Gasteiger partial charge in [0.25, 0.3) is 0 Å². The molecule has 1 N–H and O–H groups in total. The Hall–Kier alpha value is -3.07. The Morgan fingerprint density at radius 1 is 1.06 bits per heavy atom. The molecule has 0 radical (unpaired) electrons. The Morgan fingerprint density at radius 2 is 1.80 bits per heavy atom. The number of para-hydroxylation sites is 1. The van der Waals surface area contributed by atoms with Crippen molar-refractivity contribution >= 4 is 33.2 Å². The molecule has 3 aromatic rings. The lowest BCUT2D eigenvalue weighted by Crippen LogP contribution is -2.43. The van der Waals surface area contributed by atoms with Gasteiger partial charge in [-0.1, -0.05) is 35.9 Å². The largest absolute Gasteiger partial charge is 0.495 e. The average Bonchev–Trinajstić information content (AvgIpc) is 2.86. The summed E-state index contributed by atoms with van der Waals surface area (Å²) in [4.78, 5) is 13.3. The first-order valence-corrected chi connectivity index (χ1v) is 13.1. The maximum atomic E-state index is 13.4. The smallest absolute Gasteiger partial charge is 0.246 e. The molecule has 9 heteroatoms. The van der Waals surface area contributed by atoms with E-state index >= 15 is 0 Å². The molecule has 1 heterocycles. The number of hydrogen-bond donors (Lipinski definition) is 1. The molecule has 0 spiro atoms. The first-order chi connectivity index (χ1) is 16.8. The minimum atomic E-state index is -3.84. The quantitative estimate of drug-likeness (QED) is 0.450. The van der Waals surface area contributed by atoms with Crippen LogP contribution in [0.15, 0.2) is 71.6 Å². The molecular weight excluding hydrogens is 488 g/mol. The van der Waals surface area contributed by atoms with Crippen molar-refractivity contribution in [3.05, 3.63) is 77.3 Å². The monoisotopic (exact) mass is 514 g/mol. The summed E-state index contributed by atoms with van der Waals surface area (Å²) in [7, 11) is -2.40.